The third kappa shape index (κ3) is 3.39. The monoisotopic (exact) mass is 279 g/mol. The summed E-state index contributed by atoms with van der Waals surface area (Å²) in [6.45, 7) is 5.77. The fourth-order valence-corrected chi connectivity index (χ4v) is 2.57. The molecule has 0 spiro atoms. The quantitative estimate of drug-likeness (QED) is 0.824. The van der Waals surface area contributed by atoms with Crippen LogP contribution in [0.4, 0.5) is 5.82 Å². The normalized spacial score (nSPS) is 15.4. The van der Waals surface area contributed by atoms with Gasteiger partial charge in [-0.2, -0.15) is 0 Å². The zero-order valence-corrected chi connectivity index (χ0v) is 12.5. The molecule has 0 saturated heterocycles. The highest BCUT2D eigenvalue weighted by molar-refractivity contribution is 5.38. The molecule has 5 nitrogen and oxygen atoms in total. The van der Waals surface area contributed by atoms with E-state index in [0.29, 0.717) is 37.3 Å². The second-order valence-electron chi connectivity index (χ2n) is 5.96. The molecule has 5 heteroatoms. The first-order chi connectivity index (χ1) is 9.63. The molecule has 1 N–H and O–H groups in total. The number of nitrogens with zero attached hydrogens (tertiary/aromatic N) is 3. The molecule has 1 aliphatic rings. The lowest BCUT2D eigenvalue weighted by atomic mass is 9.91. The number of hydrogen-bond donors (Lipinski definition) is 1. The smallest absolute Gasteiger partial charge is 0.293 e. The second-order valence-corrected chi connectivity index (χ2v) is 5.96. The van der Waals surface area contributed by atoms with Crippen LogP contribution in [0, 0.1) is 5.92 Å². The van der Waals surface area contributed by atoms with Gasteiger partial charge >= 0.3 is 0 Å². The Morgan fingerprint density at radius 1 is 1.50 bits per heavy atom. The van der Waals surface area contributed by atoms with Gasteiger partial charge < -0.3 is 14.6 Å². The topological polar surface area (TPSA) is 58.4 Å². The van der Waals surface area contributed by atoms with Crippen LogP contribution in [0.15, 0.2) is 17.2 Å². The van der Waals surface area contributed by atoms with Crippen LogP contribution in [-0.2, 0) is 6.54 Å². The van der Waals surface area contributed by atoms with Crippen LogP contribution in [0.2, 0.25) is 0 Å². The van der Waals surface area contributed by atoms with Crippen LogP contribution in [0.1, 0.15) is 39.5 Å². The highest BCUT2D eigenvalue weighted by Gasteiger charge is 2.27. The Hall–Kier alpha value is -1.36. The molecule has 0 aromatic carbocycles. The van der Waals surface area contributed by atoms with Crippen LogP contribution in [0.5, 0.6) is 0 Å². The van der Waals surface area contributed by atoms with Gasteiger partial charge in [0.05, 0.1) is 0 Å². The molecule has 0 unspecified atom stereocenters. The molecule has 0 amide bonds. The zero-order valence-electron chi connectivity index (χ0n) is 12.5. The van der Waals surface area contributed by atoms with E-state index < -0.39 is 0 Å². The van der Waals surface area contributed by atoms with Crippen LogP contribution in [-0.4, -0.2) is 33.9 Å². The van der Waals surface area contributed by atoms with Crippen molar-refractivity contribution in [1.29, 1.82) is 0 Å². The van der Waals surface area contributed by atoms with Gasteiger partial charge in [0.15, 0.2) is 5.82 Å². The Labute approximate surface area is 120 Å². The molecule has 1 aliphatic carbocycles. The van der Waals surface area contributed by atoms with Gasteiger partial charge in [0.25, 0.3) is 5.56 Å². The molecule has 0 radical (unpaired) electrons. The molecule has 0 atom stereocenters. The third-order valence-electron chi connectivity index (χ3n) is 3.80. The first-order valence-electron chi connectivity index (χ1n) is 7.56. The van der Waals surface area contributed by atoms with E-state index in [9.17, 15) is 4.79 Å². The fourth-order valence-electron chi connectivity index (χ4n) is 2.57. The van der Waals surface area contributed by atoms with Gasteiger partial charge in [-0.3, -0.25) is 4.79 Å². The van der Waals surface area contributed by atoms with E-state index in [1.165, 1.54) is 6.42 Å². The van der Waals surface area contributed by atoms with Crippen molar-refractivity contribution in [2.24, 2.45) is 5.92 Å². The van der Waals surface area contributed by atoms with Crippen LogP contribution in [0.25, 0.3) is 0 Å². The summed E-state index contributed by atoms with van der Waals surface area (Å²) in [6.07, 6.45) is 7.60. The number of hydrogen-bond acceptors (Lipinski definition) is 4. The lowest BCUT2D eigenvalue weighted by Gasteiger charge is -2.38. The van der Waals surface area contributed by atoms with E-state index in [4.69, 9.17) is 5.11 Å². The van der Waals surface area contributed by atoms with E-state index in [1.807, 2.05) is 0 Å². The summed E-state index contributed by atoms with van der Waals surface area (Å²) in [7, 11) is 0. The zero-order chi connectivity index (χ0) is 14.5. The van der Waals surface area contributed by atoms with Crippen molar-refractivity contribution in [2.75, 3.05) is 18.1 Å². The van der Waals surface area contributed by atoms with Crippen molar-refractivity contribution in [3.8, 4) is 0 Å². The first-order valence-corrected chi connectivity index (χ1v) is 7.56. The average Bonchev–Trinajstić information content (AvgIpc) is 2.34. The van der Waals surface area contributed by atoms with E-state index in [-0.39, 0.29) is 12.2 Å². The average molecular weight is 279 g/mol. The second kappa shape index (κ2) is 6.88. The molecule has 1 saturated carbocycles. The summed E-state index contributed by atoms with van der Waals surface area (Å²) >= 11 is 0. The van der Waals surface area contributed by atoms with Crippen LogP contribution in [0.3, 0.4) is 0 Å². The fraction of sp³-hybridized carbons (Fsp3) is 0.733. The molecule has 0 aliphatic heterocycles. The first kappa shape index (κ1) is 15.0. The highest BCUT2D eigenvalue weighted by atomic mass is 16.3. The summed E-state index contributed by atoms with van der Waals surface area (Å²) < 4.78 is 1.75. The Balaban J connectivity index is 2.25. The lowest BCUT2D eigenvalue weighted by molar-refractivity contribution is 0.282. The number of aliphatic hydroxyl groups is 1. The van der Waals surface area contributed by atoms with Gasteiger partial charge in [0.2, 0.25) is 0 Å². The standard InChI is InChI=1S/C15H25N3O2/c1-12(2)11-17-9-7-16-14(15(17)20)18(8-4-10-19)13-5-3-6-13/h7,9,12-13,19H,3-6,8,10-11H2,1-2H3. The minimum atomic E-state index is -0.00830. The van der Waals surface area contributed by atoms with Gasteiger partial charge in [0.1, 0.15) is 0 Å². The van der Waals surface area contributed by atoms with E-state index in [0.717, 1.165) is 12.8 Å². The minimum Gasteiger partial charge on any atom is -0.396 e. The van der Waals surface area contributed by atoms with Crippen molar-refractivity contribution >= 4 is 5.82 Å². The van der Waals surface area contributed by atoms with Crippen molar-refractivity contribution in [1.82, 2.24) is 9.55 Å². The largest absolute Gasteiger partial charge is 0.396 e. The van der Waals surface area contributed by atoms with Gasteiger partial charge in [-0.15, -0.1) is 0 Å². The molecule has 1 fully saturated rings. The van der Waals surface area contributed by atoms with Crippen molar-refractivity contribution < 1.29 is 5.11 Å². The van der Waals surface area contributed by atoms with E-state index >= 15 is 0 Å². The molecule has 112 valence electrons. The summed E-state index contributed by atoms with van der Waals surface area (Å²) in [6, 6.07) is 0.414. The Bertz CT molecular complexity index is 480. The molecule has 1 aromatic heterocycles. The third-order valence-corrected chi connectivity index (χ3v) is 3.80. The van der Waals surface area contributed by atoms with Crippen molar-refractivity contribution in [3.63, 3.8) is 0 Å². The van der Waals surface area contributed by atoms with Crippen molar-refractivity contribution in [2.45, 2.75) is 52.1 Å². The summed E-state index contributed by atoms with van der Waals surface area (Å²) in [5.74, 6) is 0.976. The Kier molecular flexibility index (Phi) is 5.17. The highest BCUT2D eigenvalue weighted by Crippen LogP contribution is 2.27. The number of aromatic nitrogens is 2. The maximum absolute atomic E-state index is 12.5. The summed E-state index contributed by atoms with van der Waals surface area (Å²) in [4.78, 5) is 19.0. The maximum atomic E-state index is 12.5. The van der Waals surface area contributed by atoms with Gasteiger partial charge in [-0.25, -0.2) is 4.98 Å². The molecule has 1 aromatic rings. The number of anilines is 1. The van der Waals surface area contributed by atoms with Crippen LogP contribution >= 0.6 is 0 Å². The van der Waals surface area contributed by atoms with Gasteiger partial charge in [0, 0.05) is 38.1 Å². The lowest BCUT2D eigenvalue weighted by Crippen LogP contribution is -2.45. The predicted molar refractivity (Wildman–Crippen MR) is 80.0 cm³/mol. The molecular formula is C15H25N3O2. The molecule has 0 bridgehead atoms. The molecular weight excluding hydrogens is 254 g/mol. The SMILES string of the molecule is CC(C)Cn1ccnc(N(CCCO)C2CCC2)c1=O. The molecule has 2 rings (SSSR count). The molecule has 1 heterocycles. The molecule has 20 heavy (non-hydrogen) atoms. The Morgan fingerprint density at radius 3 is 2.80 bits per heavy atom. The minimum absolute atomic E-state index is 0.00830. The number of aliphatic hydroxyl groups excluding tert-OH is 1. The summed E-state index contributed by atoms with van der Waals surface area (Å²) in [5.41, 5.74) is -0.00830. The van der Waals surface area contributed by atoms with Gasteiger partial charge in [-0.05, 0) is 31.6 Å². The summed E-state index contributed by atoms with van der Waals surface area (Å²) in [5, 5.41) is 9.05. The van der Waals surface area contributed by atoms with Crippen LogP contribution < -0.4 is 10.5 Å². The van der Waals surface area contributed by atoms with E-state index in [2.05, 4.69) is 23.7 Å². The number of rotatable bonds is 7. The van der Waals surface area contributed by atoms with Gasteiger partial charge in [-0.1, -0.05) is 13.8 Å². The maximum Gasteiger partial charge on any atom is 0.293 e. The Morgan fingerprint density at radius 2 is 2.25 bits per heavy atom. The van der Waals surface area contributed by atoms with Crippen molar-refractivity contribution in [3.05, 3.63) is 22.7 Å². The van der Waals surface area contributed by atoms with E-state index in [1.54, 1.807) is 17.0 Å². The predicted octanol–water partition coefficient (Wildman–Crippen LogP) is 1.64.